The molecule has 2 nitrogen and oxygen atoms in total. The first-order valence-electron chi connectivity index (χ1n) is 4.59. The van der Waals surface area contributed by atoms with E-state index in [4.69, 9.17) is 0 Å². The SMILES string of the molecule is CCn1ccc(-c2ccc(Br)cc2)n1.Cl. The fourth-order valence-corrected chi connectivity index (χ4v) is 1.58. The molecule has 0 radical (unpaired) electrons. The third kappa shape index (κ3) is 2.83. The summed E-state index contributed by atoms with van der Waals surface area (Å²) in [6.07, 6.45) is 2.00. The number of halogens is 2. The maximum Gasteiger partial charge on any atom is 0.0923 e. The van der Waals surface area contributed by atoms with Crippen molar-refractivity contribution < 1.29 is 0 Å². The summed E-state index contributed by atoms with van der Waals surface area (Å²) in [7, 11) is 0. The highest BCUT2D eigenvalue weighted by molar-refractivity contribution is 9.10. The molecular formula is C11H12BrClN2. The average Bonchev–Trinajstić information content (AvgIpc) is 2.67. The van der Waals surface area contributed by atoms with E-state index in [1.165, 1.54) is 0 Å². The largest absolute Gasteiger partial charge is 0.272 e. The van der Waals surface area contributed by atoms with E-state index < -0.39 is 0 Å². The minimum atomic E-state index is 0. The van der Waals surface area contributed by atoms with Crippen LogP contribution in [0, 0.1) is 0 Å². The van der Waals surface area contributed by atoms with Crippen molar-refractivity contribution in [2.75, 3.05) is 0 Å². The molecular weight excluding hydrogens is 275 g/mol. The summed E-state index contributed by atoms with van der Waals surface area (Å²) in [6, 6.07) is 10.2. The van der Waals surface area contributed by atoms with E-state index in [2.05, 4.69) is 40.1 Å². The lowest BCUT2D eigenvalue weighted by molar-refractivity contribution is 0.662. The van der Waals surface area contributed by atoms with Crippen LogP contribution in [0.3, 0.4) is 0 Å². The van der Waals surface area contributed by atoms with E-state index in [0.717, 1.165) is 22.3 Å². The van der Waals surface area contributed by atoms with Gasteiger partial charge < -0.3 is 0 Å². The van der Waals surface area contributed by atoms with E-state index in [-0.39, 0.29) is 12.4 Å². The zero-order valence-corrected chi connectivity index (χ0v) is 10.8. The smallest absolute Gasteiger partial charge is 0.0923 e. The van der Waals surface area contributed by atoms with Gasteiger partial charge in [-0.2, -0.15) is 5.10 Å². The van der Waals surface area contributed by atoms with Crippen molar-refractivity contribution in [1.82, 2.24) is 9.78 Å². The maximum atomic E-state index is 4.43. The summed E-state index contributed by atoms with van der Waals surface area (Å²) >= 11 is 3.41. The Labute approximate surface area is 104 Å². The van der Waals surface area contributed by atoms with Crippen LogP contribution >= 0.6 is 28.3 Å². The van der Waals surface area contributed by atoms with Crippen LogP contribution in [0.15, 0.2) is 41.0 Å². The number of rotatable bonds is 2. The van der Waals surface area contributed by atoms with Crippen LogP contribution in [0.5, 0.6) is 0 Å². The predicted molar refractivity (Wildman–Crippen MR) is 68.3 cm³/mol. The highest BCUT2D eigenvalue weighted by atomic mass is 79.9. The Balaban J connectivity index is 0.00000112. The number of aromatic nitrogens is 2. The van der Waals surface area contributed by atoms with Crippen LogP contribution in [-0.4, -0.2) is 9.78 Å². The van der Waals surface area contributed by atoms with Crippen LogP contribution in [-0.2, 0) is 6.54 Å². The van der Waals surface area contributed by atoms with Crippen LogP contribution in [0.1, 0.15) is 6.92 Å². The first-order chi connectivity index (χ1) is 6.79. The molecule has 0 spiro atoms. The van der Waals surface area contributed by atoms with Gasteiger partial charge in [-0.3, -0.25) is 4.68 Å². The molecule has 0 aliphatic rings. The van der Waals surface area contributed by atoms with Crippen molar-refractivity contribution in [3.63, 3.8) is 0 Å². The fourth-order valence-electron chi connectivity index (χ4n) is 1.31. The van der Waals surface area contributed by atoms with Gasteiger partial charge in [0, 0.05) is 22.8 Å². The molecule has 0 saturated heterocycles. The van der Waals surface area contributed by atoms with Crippen molar-refractivity contribution in [1.29, 1.82) is 0 Å². The van der Waals surface area contributed by atoms with Gasteiger partial charge in [0.1, 0.15) is 0 Å². The third-order valence-corrected chi connectivity index (χ3v) is 2.63. The van der Waals surface area contributed by atoms with E-state index >= 15 is 0 Å². The molecule has 0 amide bonds. The normalized spacial score (nSPS) is 9.73. The number of hydrogen-bond donors (Lipinski definition) is 0. The van der Waals surface area contributed by atoms with E-state index in [1.54, 1.807) is 0 Å². The lowest BCUT2D eigenvalue weighted by Gasteiger charge is -1.97. The van der Waals surface area contributed by atoms with Gasteiger partial charge >= 0.3 is 0 Å². The number of aryl methyl sites for hydroxylation is 1. The van der Waals surface area contributed by atoms with Crippen LogP contribution < -0.4 is 0 Å². The molecule has 4 heteroatoms. The Morgan fingerprint density at radius 2 is 1.87 bits per heavy atom. The van der Waals surface area contributed by atoms with Gasteiger partial charge in [-0.25, -0.2) is 0 Å². The molecule has 0 saturated carbocycles. The average molecular weight is 288 g/mol. The molecule has 15 heavy (non-hydrogen) atoms. The van der Waals surface area contributed by atoms with Gasteiger partial charge in [0.2, 0.25) is 0 Å². The first kappa shape index (κ1) is 12.3. The molecule has 1 aromatic carbocycles. The van der Waals surface area contributed by atoms with Crippen molar-refractivity contribution in [2.45, 2.75) is 13.5 Å². The third-order valence-electron chi connectivity index (χ3n) is 2.10. The Kier molecular flexibility index (Phi) is 4.36. The molecule has 0 bridgehead atoms. The molecule has 1 aromatic heterocycles. The Hall–Kier alpha value is -0.800. The minimum Gasteiger partial charge on any atom is -0.272 e. The Morgan fingerprint density at radius 1 is 1.20 bits per heavy atom. The van der Waals surface area contributed by atoms with E-state index in [1.807, 2.05) is 29.1 Å². The molecule has 1 heterocycles. The summed E-state index contributed by atoms with van der Waals surface area (Å²) in [5.74, 6) is 0. The van der Waals surface area contributed by atoms with Gasteiger partial charge in [0.25, 0.3) is 0 Å². The van der Waals surface area contributed by atoms with Crippen molar-refractivity contribution >= 4 is 28.3 Å². The second kappa shape index (κ2) is 5.33. The second-order valence-electron chi connectivity index (χ2n) is 3.06. The monoisotopic (exact) mass is 286 g/mol. The maximum absolute atomic E-state index is 4.43. The van der Waals surface area contributed by atoms with Crippen molar-refractivity contribution in [3.8, 4) is 11.3 Å². The van der Waals surface area contributed by atoms with Gasteiger partial charge in [-0.15, -0.1) is 12.4 Å². The highest BCUT2D eigenvalue weighted by Gasteiger charge is 2.00. The summed E-state index contributed by atoms with van der Waals surface area (Å²) in [5, 5.41) is 4.43. The summed E-state index contributed by atoms with van der Waals surface area (Å²) in [6.45, 7) is 2.99. The summed E-state index contributed by atoms with van der Waals surface area (Å²) in [4.78, 5) is 0. The molecule has 0 N–H and O–H groups in total. The van der Waals surface area contributed by atoms with Gasteiger partial charge in [0.15, 0.2) is 0 Å². The van der Waals surface area contributed by atoms with Crippen LogP contribution in [0.4, 0.5) is 0 Å². The summed E-state index contributed by atoms with van der Waals surface area (Å²) in [5.41, 5.74) is 2.18. The lowest BCUT2D eigenvalue weighted by atomic mass is 10.2. The zero-order chi connectivity index (χ0) is 9.97. The standard InChI is InChI=1S/C11H11BrN2.ClH/c1-2-14-8-7-11(13-14)9-3-5-10(12)6-4-9;/h3-8H,2H2,1H3;1H. The van der Waals surface area contributed by atoms with Gasteiger partial charge in [0.05, 0.1) is 5.69 Å². The van der Waals surface area contributed by atoms with Gasteiger partial charge in [-0.05, 0) is 25.1 Å². The fraction of sp³-hybridized carbons (Fsp3) is 0.182. The van der Waals surface area contributed by atoms with Crippen molar-refractivity contribution in [3.05, 3.63) is 41.0 Å². The van der Waals surface area contributed by atoms with Crippen molar-refractivity contribution in [2.24, 2.45) is 0 Å². The zero-order valence-electron chi connectivity index (χ0n) is 8.35. The highest BCUT2D eigenvalue weighted by Crippen LogP contribution is 2.19. The molecule has 80 valence electrons. The molecule has 2 rings (SSSR count). The first-order valence-corrected chi connectivity index (χ1v) is 5.38. The summed E-state index contributed by atoms with van der Waals surface area (Å²) < 4.78 is 3.02. The van der Waals surface area contributed by atoms with Crippen LogP contribution in [0.2, 0.25) is 0 Å². The quantitative estimate of drug-likeness (QED) is 0.822. The molecule has 2 aromatic rings. The topological polar surface area (TPSA) is 17.8 Å². The van der Waals surface area contributed by atoms with E-state index in [9.17, 15) is 0 Å². The molecule has 0 aliphatic carbocycles. The van der Waals surface area contributed by atoms with Crippen LogP contribution in [0.25, 0.3) is 11.3 Å². The Bertz CT molecular complexity index is 422. The predicted octanol–water partition coefficient (Wildman–Crippen LogP) is 3.75. The van der Waals surface area contributed by atoms with E-state index in [0.29, 0.717) is 0 Å². The number of benzene rings is 1. The lowest BCUT2D eigenvalue weighted by Crippen LogP contribution is -1.93. The number of hydrogen-bond acceptors (Lipinski definition) is 1. The molecule has 0 fully saturated rings. The molecule has 0 aliphatic heterocycles. The molecule has 0 atom stereocenters. The number of nitrogens with zero attached hydrogens (tertiary/aromatic N) is 2. The molecule has 0 unspecified atom stereocenters. The van der Waals surface area contributed by atoms with Gasteiger partial charge in [-0.1, -0.05) is 28.1 Å². The second-order valence-corrected chi connectivity index (χ2v) is 3.98. The minimum absolute atomic E-state index is 0. The Morgan fingerprint density at radius 3 is 2.40 bits per heavy atom.